The summed E-state index contributed by atoms with van der Waals surface area (Å²) in [5.74, 6) is 0.514. The first kappa shape index (κ1) is 9.71. The largest absolute Gasteiger partial charge is 0.270 e. The molecule has 3 nitrogen and oxygen atoms in total. The van der Waals surface area contributed by atoms with Crippen LogP contribution in [0.4, 0.5) is 0 Å². The Balaban J connectivity index is 3.30. The zero-order chi connectivity index (χ0) is 9.84. The highest BCUT2D eigenvalue weighted by Gasteiger charge is 1.99. The fourth-order valence-electron chi connectivity index (χ4n) is 1.14. The molecule has 0 aliphatic rings. The van der Waals surface area contributed by atoms with Gasteiger partial charge in [0.15, 0.2) is 0 Å². The normalized spacial score (nSPS) is 12.2. The van der Waals surface area contributed by atoms with Crippen LogP contribution in [0.5, 0.6) is 0 Å². The first-order valence-electron chi connectivity index (χ1n) is 4.31. The molecule has 0 amide bonds. The van der Waals surface area contributed by atoms with Crippen LogP contribution >= 0.6 is 0 Å². The van der Waals surface area contributed by atoms with Gasteiger partial charge in [-0.1, -0.05) is 13.8 Å². The summed E-state index contributed by atoms with van der Waals surface area (Å²) >= 11 is 0. The summed E-state index contributed by atoms with van der Waals surface area (Å²) in [5, 5.41) is 3.81. The molecule has 0 saturated heterocycles. The third kappa shape index (κ3) is 2.05. The van der Waals surface area contributed by atoms with Crippen LogP contribution < -0.4 is 5.49 Å². The number of hydrogen-bond acceptors (Lipinski definition) is 2. The molecule has 0 aromatic carbocycles. The van der Waals surface area contributed by atoms with Crippen molar-refractivity contribution in [2.45, 2.75) is 19.8 Å². The molecule has 70 valence electrons. The van der Waals surface area contributed by atoms with E-state index in [0.717, 1.165) is 5.49 Å². The third-order valence-electron chi connectivity index (χ3n) is 1.99. The summed E-state index contributed by atoms with van der Waals surface area (Å²) in [6.45, 7) is 7.77. The lowest BCUT2D eigenvalue weighted by molar-refractivity contribution is 0.779. The van der Waals surface area contributed by atoms with Crippen LogP contribution in [0.2, 0.25) is 0 Å². The van der Waals surface area contributed by atoms with E-state index in [1.165, 1.54) is 5.56 Å². The van der Waals surface area contributed by atoms with Crippen molar-refractivity contribution in [3.63, 3.8) is 0 Å². The van der Waals surface area contributed by atoms with Crippen molar-refractivity contribution < 1.29 is 0 Å². The smallest absolute Gasteiger partial charge is 0.148 e. The van der Waals surface area contributed by atoms with Crippen molar-refractivity contribution in [1.82, 2.24) is 4.68 Å². The predicted molar refractivity (Wildman–Crippen MR) is 55.0 cm³/mol. The van der Waals surface area contributed by atoms with Gasteiger partial charge in [-0.25, -0.2) is 4.68 Å². The second-order valence-corrected chi connectivity index (χ2v) is 3.18. The predicted octanol–water partition coefficient (Wildman–Crippen LogP) is 1.61. The van der Waals surface area contributed by atoms with Crippen molar-refractivity contribution in [2.24, 2.45) is 10.1 Å². The monoisotopic (exact) mass is 177 g/mol. The van der Waals surface area contributed by atoms with Crippen LogP contribution in [0, 0.1) is 0 Å². The van der Waals surface area contributed by atoms with E-state index in [1.807, 2.05) is 18.3 Å². The molecule has 13 heavy (non-hydrogen) atoms. The Hall–Kier alpha value is -1.38. The summed E-state index contributed by atoms with van der Waals surface area (Å²) in [6, 6.07) is 4.06. The van der Waals surface area contributed by atoms with Gasteiger partial charge in [0.2, 0.25) is 0 Å². The molecule has 0 bridgehead atoms. The molecule has 0 N–H and O–H groups in total. The van der Waals surface area contributed by atoms with Gasteiger partial charge in [-0.2, -0.15) is 5.10 Å². The van der Waals surface area contributed by atoms with Crippen molar-refractivity contribution in [2.75, 3.05) is 7.05 Å². The van der Waals surface area contributed by atoms with Crippen molar-refractivity contribution in [3.05, 3.63) is 29.4 Å². The molecule has 3 heteroatoms. The van der Waals surface area contributed by atoms with Gasteiger partial charge in [0.25, 0.3) is 0 Å². The van der Waals surface area contributed by atoms with Gasteiger partial charge >= 0.3 is 0 Å². The fourth-order valence-corrected chi connectivity index (χ4v) is 1.14. The molecule has 0 spiro atoms. The van der Waals surface area contributed by atoms with Gasteiger partial charge in [-0.05, 0) is 23.6 Å². The van der Waals surface area contributed by atoms with E-state index in [1.54, 1.807) is 11.7 Å². The van der Waals surface area contributed by atoms with E-state index in [2.05, 4.69) is 30.7 Å². The summed E-state index contributed by atoms with van der Waals surface area (Å²) in [5.41, 5.74) is 2.10. The molecular weight excluding hydrogens is 162 g/mol. The van der Waals surface area contributed by atoms with Gasteiger partial charge in [0.05, 0.1) is 0 Å². The fraction of sp³-hybridized carbons (Fsp3) is 0.400. The average molecular weight is 177 g/mol. The minimum Gasteiger partial charge on any atom is -0.270 e. The van der Waals surface area contributed by atoms with Gasteiger partial charge in [-0.3, -0.25) is 4.99 Å². The number of nitrogens with zero attached hydrogens (tertiary/aromatic N) is 3. The summed E-state index contributed by atoms with van der Waals surface area (Å²) in [7, 11) is 1.75. The maximum Gasteiger partial charge on any atom is 0.148 e. The highest BCUT2D eigenvalue weighted by molar-refractivity contribution is 5.24. The average Bonchev–Trinajstić information content (AvgIpc) is 2.16. The van der Waals surface area contributed by atoms with Crippen molar-refractivity contribution in [3.8, 4) is 0 Å². The molecule has 0 radical (unpaired) electrons. The molecule has 0 atom stereocenters. The van der Waals surface area contributed by atoms with E-state index in [4.69, 9.17) is 0 Å². The lowest BCUT2D eigenvalue weighted by Crippen LogP contribution is -2.17. The van der Waals surface area contributed by atoms with Crippen molar-refractivity contribution in [1.29, 1.82) is 0 Å². The van der Waals surface area contributed by atoms with Crippen LogP contribution in [0.3, 0.4) is 0 Å². The first-order chi connectivity index (χ1) is 6.19. The SMILES string of the molecule is C=Nn1ccc(C(C)C)cc1=NC. The lowest BCUT2D eigenvalue weighted by Gasteiger charge is -2.06. The van der Waals surface area contributed by atoms with Crippen LogP contribution in [-0.4, -0.2) is 18.4 Å². The lowest BCUT2D eigenvalue weighted by atomic mass is 10.1. The number of pyridine rings is 1. The number of hydrogen-bond donors (Lipinski definition) is 0. The second kappa shape index (κ2) is 4.03. The second-order valence-electron chi connectivity index (χ2n) is 3.18. The Morgan fingerprint density at radius 1 is 1.46 bits per heavy atom. The molecule has 1 rings (SSSR count). The molecule has 0 fully saturated rings. The number of aromatic nitrogens is 1. The van der Waals surface area contributed by atoms with E-state index in [-0.39, 0.29) is 0 Å². The molecule has 1 aromatic heterocycles. The highest BCUT2D eigenvalue weighted by atomic mass is 15.3. The standard InChI is InChI=1S/C10H15N3/c1-8(2)9-5-6-13(12-4)10(7-9)11-3/h5-8H,4H2,1-3H3. The highest BCUT2D eigenvalue weighted by Crippen LogP contribution is 2.10. The minimum absolute atomic E-state index is 0.514. The molecule has 1 aromatic rings. The van der Waals surface area contributed by atoms with E-state index in [9.17, 15) is 0 Å². The third-order valence-corrected chi connectivity index (χ3v) is 1.99. The summed E-state index contributed by atoms with van der Waals surface area (Å²) in [4.78, 5) is 4.11. The van der Waals surface area contributed by atoms with Gasteiger partial charge in [-0.15, -0.1) is 0 Å². The molecule has 0 saturated carbocycles. The van der Waals surface area contributed by atoms with Crippen molar-refractivity contribution >= 4 is 6.72 Å². The Morgan fingerprint density at radius 2 is 2.15 bits per heavy atom. The van der Waals surface area contributed by atoms with Gasteiger partial charge in [0, 0.05) is 20.0 Å². The zero-order valence-electron chi connectivity index (χ0n) is 8.36. The quantitative estimate of drug-likeness (QED) is 0.614. The first-order valence-corrected chi connectivity index (χ1v) is 4.31. The minimum atomic E-state index is 0.514. The Morgan fingerprint density at radius 3 is 2.62 bits per heavy atom. The Kier molecular flexibility index (Phi) is 3.01. The van der Waals surface area contributed by atoms with Crippen LogP contribution in [-0.2, 0) is 0 Å². The molecule has 0 unspecified atom stereocenters. The van der Waals surface area contributed by atoms with Gasteiger partial charge in [0.1, 0.15) is 5.49 Å². The van der Waals surface area contributed by atoms with Crippen LogP contribution in [0.1, 0.15) is 25.3 Å². The summed E-state index contributed by atoms with van der Waals surface area (Å²) in [6.07, 6.45) is 1.88. The van der Waals surface area contributed by atoms with E-state index < -0.39 is 0 Å². The van der Waals surface area contributed by atoms with Crippen LogP contribution in [0.25, 0.3) is 0 Å². The van der Waals surface area contributed by atoms with E-state index in [0.29, 0.717) is 5.92 Å². The molecule has 0 aliphatic carbocycles. The zero-order valence-corrected chi connectivity index (χ0v) is 8.36. The van der Waals surface area contributed by atoms with Gasteiger partial charge < -0.3 is 0 Å². The number of rotatable bonds is 2. The van der Waals surface area contributed by atoms with E-state index >= 15 is 0 Å². The van der Waals surface area contributed by atoms with Crippen LogP contribution in [0.15, 0.2) is 28.4 Å². The maximum atomic E-state index is 4.11. The summed E-state index contributed by atoms with van der Waals surface area (Å²) < 4.78 is 1.66. The Labute approximate surface area is 78.4 Å². The Bertz CT molecular complexity index is 361. The molecule has 1 heterocycles. The molecule has 0 aliphatic heterocycles. The molecular formula is C10H15N3. The topological polar surface area (TPSA) is 29.6 Å². The maximum absolute atomic E-state index is 4.11.